The molecule has 4 rings (SSSR count). The number of ether oxygens (including phenoxy) is 2. The monoisotopic (exact) mass is 499 g/mol. The van der Waals surface area contributed by atoms with Crippen molar-refractivity contribution in [3.63, 3.8) is 0 Å². The Morgan fingerprint density at radius 1 is 1.18 bits per heavy atom. The van der Waals surface area contributed by atoms with E-state index in [1.165, 1.54) is 5.56 Å². The Labute approximate surface area is 181 Å². The molecule has 2 aromatic rings. The van der Waals surface area contributed by atoms with E-state index < -0.39 is 0 Å². The van der Waals surface area contributed by atoms with Gasteiger partial charge in [-0.3, -0.25) is 14.6 Å². The summed E-state index contributed by atoms with van der Waals surface area (Å²) in [4.78, 5) is 13.4. The van der Waals surface area contributed by atoms with Gasteiger partial charge < -0.3 is 19.7 Å². The van der Waals surface area contributed by atoms with Gasteiger partial charge in [0.1, 0.15) is 12.2 Å². The number of fused-ring (bicyclic) bond motifs is 1. The van der Waals surface area contributed by atoms with Gasteiger partial charge in [-0.05, 0) is 17.7 Å². The van der Waals surface area contributed by atoms with E-state index in [0.29, 0.717) is 13.3 Å². The van der Waals surface area contributed by atoms with Crippen LogP contribution in [0.4, 0.5) is 0 Å². The van der Waals surface area contributed by atoms with Crippen molar-refractivity contribution in [3.05, 3.63) is 35.9 Å². The first-order valence-corrected chi connectivity index (χ1v) is 9.12. The van der Waals surface area contributed by atoms with Crippen LogP contribution in [0.1, 0.15) is 11.4 Å². The Hall–Kier alpha value is -2.08. The minimum Gasteiger partial charge on any atom is -0.454 e. The maximum Gasteiger partial charge on any atom is 0.231 e. The fourth-order valence-corrected chi connectivity index (χ4v) is 3.39. The molecule has 2 aliphatic heterocycles. The van der Waals surface area contributed by atoms with Gasteiger partial charge in [-0.15, -0.1) is 24.0 Å². The summed E-state index contributed by atoms with van der Waals surface area (Å²) in [6.07, 6.45) is 1.56. The highest BCUT2D eigenvalue weighted by Crippen LogP contribution is 2.32. The molecule has 10 heteroatoms. The van der Waals surface area contributed by atoms with Crippen molar-refractivity contribution in [2.24, 2.45) is 12.0 Å². The van der Waals surface area contributed by atoms with Crippen LogP contribution in [0.25, 0.3) is 0 Å². The second-order valence-corrected chi connectivity index (χ2v) is 6.65. The third-order valence-electron chi connectivity index (χ3n) is 4.94. The van der Waals surface area contributed by atoms with Crippen LogP contribution in [-0.4, -0.2) is 70.5 Å². The third kappa shape index (κ3) is 4.66. The number of rotatable bonds is 4. The summed E-state index contributed by atoms with van der Waals surface area (Å²) in [5.74, 6) is 3.47. The molecule has 0 bridgehead atoms. The first-order chi connectivity index (χ1) is 13.2. The second kappa shape index (κ2) is 9.41. The molecule has 152 valence electrons. The van der Waals surface area contributed by atoms with Crippen molar-refractivity contribution in [1.29, 1.82) is 0 Å². The smallest absolute Gasteiger partial charge is 0.231 e. The highest BCUT2D eigenvalue weighted by molar-refractivity contribution is 14.0. The van der Waals surface area contributed by atoms with E-state index in [1.807, 2.05) is 20.2 Å². The zero-order valence-corrected chi connectivity index (χ0v) is 18.5. The summed E-state index contributed by atoms with van der Waals surface area (Å²) in [6.45, 7) is 5.68. The molecule has 2 aliphatic rings. The molecule has 28 heavy (non-hydrogen) atoms. The summed E-state index contributed by atoms with van der Waals surface area (Å²) in [6, 6.07) is 6.18. The summed E-state index contributed by atoms with van der Waals surface area (Å²) in [5.41, 5.74) is 1.25. The molecule has 9 nitrogen and oxygen atoms in total. The molecule has 0 saturated carbocycles. The number of aromatic nitrogens is 3. The Morgan fingerprint density at radius 3 is 2.68 bits per heavy atom. The summed E-state index contributed by atoms with van der Waals surface area (Å²) < 4.78 is 12.6. The average Bonchev–Trinajstić information content (AvgIpc) is 3.32. The van der Waals surface area contributed by atoms with Gasteiger partial charge in [-0.25, -0.2) is 4.98 Å². The third-order valence-corrected chi connectivity index (χ3v) is 4.94. The Balaban J connectivity index is 0.00000225. The van der Waals surface area contributed by atoms with Crippen molar-refractivity contribution in [2.75, 3.05) is 40.0 Å². The summed E-state index contributed by atoms with van der Waals surface area (Å²) >= 11 is 0. The van der Waals surface area contributed by atoms with Gasteiger partial charge >= 0.3 is 0 Å². The lowest BCUT2D eigenvalue weighted by Crippen LogP contribution is -2.52. The van der Waals surface area contributed by atoms with Crippen LogP contribution in [-0.2, 0) is 20.1 Å². The number of nitrogens with zero attached hydrogens (tertiary/aromatic N) is 6. The molecule has 0 aliphatic carbocycles. The first kappa shape index (κ1) is 20.6. The fourth-order valence-electron chi connectivity index (χ4n) is 3.39. The Kier molecular flexibility index (Phi) is 6.94. The van der Waals surface area contributed by atoms with Crippen LogP contribution in [0.2, 0.25) is 0 Å². The highest BCUT2D eigenvalue weighted by atomic mass is 127. The van der Waals surface area contributed by atoms with Crippen molar-refractivity contribution in [3.8, 4) is 11.5 Å². The zero-order chi connectivity index (χ0) is 18.6. The average molecular weight is 499 g/mol. The number of nitrogens with one attached hydrogen (secondary N) is 1. The van der Waals surface area contributed by atoms with Crippen LogP contribution in [0.3, 0.4) is 0 Å². The SMILES string of the molecule is CN=C(NCc1ncnn1C)N1CCN(Cc2ccc3c(c2)OCO3)CC1.I. The van der Waals surface area contributed by atoms with Gasteiger partial charge in [0.25, 0.3) is 0 Å². The van der Waals surface area contributed by atoms with Gasteiger partial charge in [-0.1, -0.05) is 6.07 Å². The van der Waals surface area contributed by atoms with Crippen LogP contribution < -0.4 is 14.8 Å². The van der Waals surface area contributed by atoms with Crippen molar-refractivity contribution in [1.82, 2.24) is 29.9 Å². The van der Waals surface area contributed by atoms with E-state index in [0.717, 1.165) is 56.0 Å². The van der Waals surface area contributed by atoms with E-state index in [1.54, 1.807) is 11.0 Å². The number of guanidine groups is 1. The standard InChI is InChI=1S/C18H25N7O2.HI/c1-19-18(20-10-17-21-12-22-23(17)2)25-7-5-24(6-8-25)11-14-3-4-15-16(9-14)27-13-26-15;/h3-4,9,12H,5-8,10-11,13H2,1-2H3,(H,19,20);1H. The fraction of sp³-hybridized carbons (Fsp3) is 0.500. The summed E-state index contributed by atoms with van der Waals surface area (Å²) in [5, 5.41) is 7.47. The van der Waals surface area contributed by atoms with Crippen LogP contribution in [0.15, 0.2) is 29.5 Å². The predicted octanol–water partition coefficient (Wildman–Crippen LogP) is 1.05. The molecule has 1 aromatic carbocycles. The molecular weight excluding hydrogens is 473 g/mol. The number of aryl methyl sites for hydroxylation is 1. The minimum absolute atomic E-state index is 0. The molecule has 0 spiro atoms. The predicted molar refractivity (Wildman–Crippen MR) is 116 cm³/mol. The maximum absolute atomic E-state index is 5.47. The van der Waals surface area contributed by atoms with Crippen molar-refractivity contribution < 1.29 is 9.47 Å². The van der Waals surface area contributed by atoms with E-state index in [2.05, 4.69) is 42.3 Å². The van der Waals surface area contributed by atoms with Crippen LogP contribution >= 0.6 is 24.0 Å². The van der Waals surface area contributed by atoms with Gasteiger partial charge in [0, 0.05) is 46.8 Å². The van der Waals surface area contributed by atoms with Crippen LogP contribution in [0.5, 0.6) is 11.5 Å². The number of halogens is 1. The largest absolute Gasteiger partial charge is 0.454 e. The van der Waals surface area contributed by atoms with Crippen molar-refractivity contribution >= 4 is 29.9 Å². The molecule has 1 aromatic heterocycles. The van der Waals surface area contributed by atoms with Gasteiger partial charge in [0.2, 0.25) is 6.79 Å². The van der Waals surface area contributed by atoms with E-state index in [9.17, 15) is 0 Å². The lowest BCUT2D eigenvalue weighted by Gasteiger charge is -2.36. The number of aliphatic imine (C=N–C) groups is 1. The lowest BCUT2D eigenvalue weighted by molar-refractivity contribution is 0.171. The number of hydrogen-bond acceptors (Lipinski definition) is 6. The molecule has 1 fully saturated rings. The van der Waals surface area contributed by atoms with E-state index >= 15 is 0 Å². The number of benzene rings is 1. The highest BCUT2D eigenvalue weighted by Gasteiger charge is 2.21. The first-order valence-electron chi connectivity index (χ1n) is 9.12. The topological polar surface area (TPSA) is 80.0 Å². The van der Waals surface area contributed by atoms with Gasteiger partial charge in [-0.2, -0.15) is 5.10 Å². The van der Waals surface area contributed by atoms with Crippen LogP contribution in [0, 0.1) is 0 Å². The quantitative estimate of drug-likeness (QED) is 0.383. The normalized spacial score (nSPS) is 16.8. The second-order valence-electron chi connectivity index (χ2n) is 6.65. The molecule has 1 N–H and O–H groups in total. The molecular formula is C18H26IN7O2. The van der Waals surface area contributed by atoms with Gasteiger partial charge in [0.05, 0.1) is 6.54 Å². The van der Waals surface area contributed by atoms with Crippen molar-refractivity contribution in [2.45, 2.75) is 13.1 Å². The molecule has 1 saturated heterocycles. The van der Waals surface area contributed by atoms with E-state index in [-0.39, 0.29) is 24.0 Å². The lowest BCUT2D eigenvalue weighted by atomic mass is 10.1. The zero-order valence-electron chi connectivity index (χ0n) is 16.2. The number of hydrogen-bond donors (Lipinski definition) is 1. The Morgan fingerprint density at radius 2 is 1.96 bits per heavy atom. The molecule has 0 atom stereocenters. The molecule has 0 unspecified atom stereocenters. The van der Waals surface area contributed by atoms with Gasteiger partial charge in [0.15, 0.2) is 17.5 Å². The maximum atomic E-state index is 5.47. The summed E-state index contributed by atoms with van der Waals surface area (Å²) in [7, 11) is 3.71. The molecule has 0 amide bonds. The molecule has 3 heterocycles. The molecule has 0 radical (unpaired) electrons. The van der Waals surface area contributed by atoms with E-state index in [4.69, 9.17) is 9.47 Å². The Bertz CT molecular complexity index is 818. The number of piperazine rings is 1. The minimum atomic E-state index is 0.